The lowest BCUT2D eigenvalue weighted by molar-refractivity contribution is -0.142. The molecular formula is C20H39N5O6S2. The van der Waals surface area contributed by atoms with Crippen LogP contribution in [0.3, 0.4) is 0 Å². The van der Waals surface area contributed by atoms with Crippen LogP contribution in [0.2, 0.25) is 0 Å². The van der Waals surface area contributed by atoms with E-state index in [9.17, 15) is 29.4 Å². The lowest BCUT2D eigenvalue weighted by atomic mass is 10.1. The molecule has 0 heterocycles. The van der Waals surface area contributed by atoms with Crippen molar-refractivity contribution in [1.29, 1.82) is 0 Å². The van der Waals surface area contributed by atoms with E-state index >= 15 is 0 Å². The maximum atomic E-state index is 12.8. The Bertz CT molecular complexity index is 626. The van der Waals surface area contributed by atoms with Crippen molar-refractivity contribution in [2.75, 3.05) is 30.6 Å². The van der Waals surface area contributed by atoms with Crippen LogP contribution in [0.15, 0.2) is 0 Å². The Hall–Kier alpha value is -1.54. The summed E-state index contributed by atoms with van der Waals surface area (Å²) in [5, 5.41) is 26.9. The number of carboxylic acids is 1. The molecule has 0 aromatic rings. The normalized spacial score (nSPS) is 15.6. The van der Waals surface area contributed by atoms with E-state index in [2.05, 4.69) is 16.0 Å². The van der Waals surface area contributed by atoms with E-state index in [0.29, 0.717) is 37.3 Å². The summed E-state index contributed by atoms with van der Waals surface area (Å²) in [5.41, 5.74) is 11.3. The first kappa shape index (κ1) is 31.5. The molecule has 0 spiro atoms. The molecule has 0 rings (SSSR count). The Morgan fingerprint density at radius 2 is 1.42 bits per heavy atom. The van der Waals surface area contributed by atoms with Gasteiger partial charge in [-0.15, -0.1) is 0 Å². The summed E-state index contributed by atoms with van der Waals surface area (Å²) in [6.07, 6.45) is 4.43. The van der Waals surface area contributed by atoms with Crippen molar-refractivity contribution < 1.29 is 29.4 Å². The molecule has 0 saturated heterocycles. The van der Waals surface area contributed by atoms with Gasteiger partial charge < -0.3 is 37.6 Å². The first-order valence-corrected chi connectivity index (χ1v) is 13.6. The Morgan fingerprint density at radius 3 is 1.94 bits per heavy atom. The summed E-state index contributed by atoms with van der Waals surface area (Å²) >= 11 is 2.98. The van der Waals surface area contributed by atoms with Gasteiger partial charge in [0.25, 0.3) is 0 Å². The first-order valence-electron chi connectivity index (χ1n) is 10.8. The average Bonchev–Trinajstić information content (AvgIpc) is 2.76. The number of carbonyl (C=O) groups excluding carboxylic acids is 3. The van der Waals surface area contributed by atoms with Crippen LogP contribution in [0.4, 0.5) is 0 Å². The van der Waals surface area contributed by atoms with E-state index in [-0.39, 0.29) is 12.8 Å². The molecule has 5 atom stereocenters. The molecule has 0 saturated carbocycles. The third-order valence-corrected chi connectivity index (χ3v) is 6.13. The maximum Gasteiger partial charge on any atom is 0.326 e. The topological polar surface area (TPSA) is 197 Å². The number of amides is 3. The van der Waals surface area contributed by atoms with E-state index in [1.54, 1.807) is 0 Å². The average molecular weight is 510 g/mol. The minimum absolute atomic E-state index is 0.220. The lowest BCUT2D eigenvalue weighted by Crippen LogP contribution is -2.59. The van der Waals surface area contributed by atoms with Crippen LogP contribution in [0.5, 0.6) is 0 Å². The molecule has 0 aromatic carbocycles. The molecule has 0 radical (unpaired) electrons. The largest absolute Gasteiger partial charge is 0.480 e. The number of unbranched alkanes of at least 4 members (excludes halogenated alkanes) is 1. The Balaban J connectivity index is 5.35. The van der Waals surface area contributed by atoms with E-state index < -0.39 is 54.0 Å². The molecule has 13 heteroatoms. The fourth-order valence-corrected chi connectivity index (χ4v) is 3.79. The van der Waals surface area contributed by atoms with Crippen molar-refractivity contribution in [2.45, 2.75) is 69.3 Å². The predicted octanol–water partition coefficient (Wildman–Crippen LogP) is -1.13. The van der Waals surface area contributed by atoms with E-state index in [4.69, 9.17) is 11.5 Å². The van der Waals surface area contributed by atoms with Crippen LogP contribution in [0.1, 0.15) is 39.0 Å². The smallest absolute Gasteiger partial charge is 0.326 e. The van der Waals surface area contributed by atoms with Crippen LogP contribution < -0.4 is 27.4 Å². The summed E-state index contributed by atoms with van der Waals surface area (Å²) in [4.78, 5) is 49.4. The summed E-state index contributed by atoms with van der Waals surface area (Å²) in [5.74, 6) is -1.98. The Morgan fingerprint density at radius 1 is 0.848 bits per heavy atom. The molecule has 33 heavy (non-hydrogen) atoms. The molecule has 0 aliphatic rings. The number of hydrogen-bond donors (Lipinski definition) is 7. The van der Waals surface area contributed by atoms with Gasteiger partial charge in [-0.25, -0.2) is 4.79 Å². The van der Waals surface area contributed by atoms with Crippen LogP contribution in [-0.2, 0) is 19.2 Å². The summed E-state index contributed by atoms with van der Waals surface area (Å²) in [6, 6.07) is -4.32. The number of hydrogen-bond acceptors (Lipinski definition) is 9. The van der Waals surface area contributed by atoms with Gasteiger partial charge in [0.1, 0.15) is 18.1 Å². The van der Waals surface area contributed by atoms with Crippen LogP contribution in [0.25, 0.3) is 0 Å². The van der Waals surface area contributed by atoms with Gasteiger partial charge in [-0.05, 0) is 69.6 Å². The number of thioether (sulfide) groups is 2. The van der Waals surface area contributed by atoms with Crippen molar-refractivity contribution in [1.82, 2.24) is 16.0 Å². The van der Waals surface area contributed by atoms with Gasteiger partial charge in [0.2, 0.25) is 17.7 Å². The number of nitrogens with one attached hydrogen (secondary N) is 3. The monoisotopic (exact) mass is 509 g/mol. The van der Waals surface area contributed by atoms with Gasteiger partial charge in [-0.3, -0.25) is 14.4 Å². The number of aliphatic hydroxyl groups is 1. The second-order valence-electron chi connectivity index (χ2n) is 7.64. The number of rotatable bonds is 18. The van der Waals surface area contributed by atoms with Gasteiger partial charge in [0, 0.05) is 0 Å². The van der Waals surface area contributed by atoms with Gasteiger partial charge in [0.05, 0.1) is 12.1 Å². The third-order valence-electron chi connectivity index (χ3n) is 4.84. The van der Waals surface area contributed by atoms with E-state index in [1.165, 1.54) is 30.4 Å². The van der Waals surface area contributed by atoms with Crippen LogP contribution in [-0.4, -0.2) is 94.7 Å². The van der Waals surface area contributed by atoms with Crippen molar-refractivity contribution in [3.8, 4) is 0 Å². The number of carboxylic acid groups (broad SMARTS) is 1. The molecule has 192 valence electrons. The van der Waals surface area contributed by atoms with E-state index in [0.717, 1.165) is 0 Å². The molecule has 3 amide bonds. The Kier molecular flexibility index (Phi) is 17.0. The zero-order valence-electron chi connectivity index (χ0n) is 19.5. The van der Waals surface area contributed by atoms with Crippen LogP contribution >= 0.6 is 23.5 Å². The zero-order valence-corrected chi connectivity index (χ0v) is 21.2. The van der Waals surface area contributed by atoms with Gasteiger partial charge in [-0.2, -0.15) is 23.5 Å². The highest BCUT2D eigenvalue weighted by atomic mass is 32.2. The van der Waals surface area contributed by atoms with Gasteiger partial charge in [-0.1, -0.05) is 0 Å². The lowest BCUT2D eigenvalue weighted by Gasteiger charge is -2.26. The summed E-state index contributed by atoms with van der Waals surface area (Å²) < 4.78 is 0. The highest BCUT2D eigenvalue weighted by Gasteiger charge is 2.32. The standard InChI is InChI=1S/C20H39N5O6S2/c1-12(26)16(25-17(27)13(22)7-10-32-2)19(29)23-14(6-4-5-9-21)18(28)24-15(20(30)31)8-11-33-3/h12-16,26H,4-11,21-22H2,1-3H3,(H,23,29)(H,24,28)(H,25,27)(H,30,31). The minimum atomic E-state index is -1.32. The van der Waals surface area contributed by atoms with Crippen molar-refractivity contribution in [2.24, 2.45) is 11.5 Å². The SMILES string of the molecule is CSCCC(N)C(=O)NC(C(=O)NC(CCCCN)C(=O)NC(CCSC)C(=O)O)C(C)O. The van der Waals surface area contributed by atoms with Crippen molar-refractivity contribution in [3.05, 3.63) is 0 Å². The fourth-order valence-electron chi connectivity index (χ4n) is 2.83. The van der Waals surface area contributed by atoms with Crippen LogP contribution in [0, 0.1) is 0 Å². The molecule has 11 nitrogen and oxygen atoms in total. The molecule has 0 aliphatic carbocycles. The quantitative estimate of drug-likeness (QED) is 0.111. The number of aliphatic hydroxyl groups excluding tert-OH is 1. The first-order chi connectivity index (χ1) is 15.6. The highest BCUT2D eigenvalue weighted by Crippen LogP contribution is 2.07. The molecular weight excluding hydrogens is 470 g/mol. The number of aliphatic carboxylic acids is 1. The molecule has 0 aromatic heterocycles. The van der Waals surface area contributed by atoms with E-state index in [1.807, 2.05) is 12.5 Å². The molecule has 5 unspecified atom stereocenters. The second-order valence-corrected chi connectivity index (χ2v) is 9.61. The summed E-state index contributed by atoms with van der Waals surface area (Å²) in [7, 11) is 0. The highest BCUT2D eigenvalue weighted by molar-refractivity contribution is 7.98. The number of carbonyl (C=O) groups is 4. The van der Waals surface area contributed by atoms with Crippen molar-refractivity contribution >= 4 is 47.2 Å². The second kappa shape index (κ2) is 17.9. The Labute approximate surface area is 203 Å². The minimum Gasteiger partial charge on any atom is -0.480 e. The molecule has 0 bridgehead atoms. The van der Waals surface area contributed by atoms with Gasteiger partial charge >= 0.3 is 5.97 Å². The fraction of sp³-hybridized carbons (Fsp3) is 0.800. The number of nitrogens with two attached hydrogens (primary N) is 2. The molecule has 0 aliphatic heterocycles. The third kappa shape index (κ3) is 13.1. The van der Waals surface area contributed by atoms with Gasteiger partial charge in [0.15, 0.2) is 0 Å². The molecule has 0 fully saturated rings. The molecule has 9 N–H and O–H groups in total. The van der Waals surface area contributed by atoms with Crippen molar-refractivity contribution in [3.63, 3.8) is 0 Å². The predicted molar refractivity (Wildman–Crippen MR) is 132 cm³/mol. The zero-order chi connectivity index (χ0) is 25.4. The summed E-state index contributed by atoms with van der Waals surface area (Å²) in [6.45, 7) is 1.73. The maximum absolute atomic E-state index is 12.8.